The number of carbonyl (C=O) groups is 1. The normalized spacial score (nSPS) is 10.9. The van der Waals surface area contributed by atoms with Gasteiger partial charge >= 0.3 is 0 Å². The van der Waals surface area contributed by atoms with Crippen LogP contribution < -0.4 is 10.1 Å². The molecule has 0 unspecified atom stereocenters. The molecule has 0 radical (unpaired) electrons. The Morgan fingerprint density at radius 2 is 1.77 bits per heavy atom. The molecule has 0 atom stereocenters. The summed E-state index contributed by atoms with van der Waals surface area (Å²) in [5, 5.41) is 3.00. The average Bonchev–Trinajstić information content (AvgIpc) is 3.09. The monoisotopic (exact) mass is 399 g/mol. The van der Waals surface area contributed by atoms with Crippen LogP contribution in [-0.2, 0) is 31.1 Å². The Bertz CT molecular complexity index is 1160. The first-order valence-corrected chi connectivity index (χ1v) is 10.0. The predicted octanol–water partition coefficient (Wildman–Crippen LogP) is 4.55. The van der Waals surface area contributed by atoms with E-state index in [2.05, 4.69) is 29.1 Å². The molecule has 3 aromatic carbocycles. The Balaban J connectivity index is 1.38. The summed E-state index contributed by atoms with van der Waals surface area (Å²) in [6.07, 6.45) is 2.03. The molecule has 0 saturated carbocycles. The minimum Gasteiger partial charge on any atom is -0.497 e. The Morgan fingerprint density at radius 3 is 2.53 bits per heavy atom. The number of hydrogen-bond acceptors (Lipinski definition) is 3. The molecule has 0 spiro atoms. The number of para-hydroxylation sites is 2. The second kappa shape index (κ2) is 8.82. The molecular weight excluding hydrogens is 374 g/mol. The molecule has 0 bridgehead atoms. The summed E-state index contributed by atoms with van der Waals surface area (Å²) in [6.45, 7) is 0. The summed E-state index contributed by atoms with van der Waals surface area (Å²) in [5.74, 6) is 1.81. The van der Waals surface area contributed by atoms with E-state index >= 15 is 0 Å². The van der Waals surface area contributed by atoms with Crippen LogP contribution in [0.1, 0.15) is 17.0 Å². The zero-order valence-corrected chi connectivity index (χ0v) is 17.3. The van der Waals surface area contributed by atoms with Crippen LogP contribution in [0, 0.1) is 0 Å². The molecule has 1 aromatic heterocycles. The number of nitrogens with zero attached hydrogens (tertiary/aromatic N) is 2. The smallest absolute Gasteiger partial charge is 0.228 e. The minimum absolute atomic E-state index is 0.0346. The number of amides is 1. The molecule has 1 amide bonds. The van der Waals surface area contributed by atoms with Crippen LogP contribution in [0.2, 0.25) is 0 Å². The van der Waals surface area contributed by atoms with Crippen molar-refractivity contribution in [2.24, 2.45) is 7.05 Å². The lowest BCUT2D eigenvalue weighted by Gasteiger charge is -2.08. The lowest BCUT2D eigenvalue weighted by Crippen LogP contribution is -2.14. The van der Waals surface area contributed by atoms with E-state index in [4.69, 9.17) is 9.72 Å². The van der Waals surface area contributed by atoms with E-state index in [0.717, 1.165) is 46.7 Å². The molecule has 0 aliphatic heterocycles. The van der Waals surface area contributed by atoms with Gasteiger partial charge < -0.3 is 14.6 Å². The van der Waals surface area contributed by atoms with Crippen molar-refractivity contribution in [3.05, 3.63) is 89.7 Å². The van der Waals surface area contributed by atoms with Gasteiger partial charge in [0.25, 0.3) is 0 Å². The van der Waals surface area contributed by atoms with E-state index in [0.29, 0.717) is 6.42 Å². The van der Waals surface area contributed by atoms with Gasteiger partial charge in [0.15, 0.2) is 0 Å². The standard InChI is InChI=1S/C25H25N3O2/c1-28-23-9-4-3-8-22(23)27-24(28)15-12-18-6-5-7-20(16-18)26-25(29)17-19-10-13-21(30-2)14-11-19/h3-11,13-14,16H,12,15,17H2,1-2H3,(H,26,29). The molecule has 0 saturated heterocycles. The Labute approximate surface area is 176 Å². The minimum atomic E-state index is -0.0346. The summed E-state index contributed by atoms with van der Waals surface area (Å²) in [4.78, 5) is 17.2. The van der Waals surface area contributed by atoms with E-state index in [1.807, 2.05) is 60.7 Å². The quantitative estimate of drug-likeness (QED) is 0.496. The maximum Gasteiger partial charge on any atom is 0.228 e. The van der Waals surface area contributed by atoms with Gasteiger partial charge in [0.2, 0.25) is 5.91 Å². The fraction of sp³-hybridized carbons (Fsp3) is 0.200. The van der Waals surface area contributed by atoms with Gasteiger partial charge in [-0.25, -0.2) is 4.98 Å². The van der Waals surface area contributed by atoms with Crippen LogP contribution in [0.3, 0.4) is 0 Å². The van der Waals surface area contributed by atoms with Gasteiger partial charge in [0.05, 0.1) is 24.6 Å². The number of anilines is 1. The topological polar surface area (TPSA) is 56.1 Å². The molecule has 0 aliphatic carbocycles. The van der Waals surface area contributed by atoms with Crippen molar-refractivity contribution in [3.63, 3.8) is 0 Å². The fourth-order valence-electron chi connectivity index (χ4n) is 3.61. The number of aromatic nitrogens is 2. The van der Waals surface area contributed by atoms with Crippen molar-refractivity contribution in [1.29, 1.82) is 0 Å². The third kappa shape index (κ3) is 4.51. The lowest BCUT2D eigenvalue weighted by atomic mass is 10.1. The van der Waals surface area contributed by atoms with Crippen LogP contribution in [0.4, 0.5) is 5.69 Å². The van der Waals surface area contributed by atoms with E-state index in [-0.39, 0.29) is 5.91 Å². The summed E-state index contributed by atoms with van der Waals surface area (Å²) >= 11 is 0. The van der Waals surface area contributed by atoms with Crippen molar-refractivity contribution in [3.8, 4) is 5.75 Å². The Hall–Kier alpha value is -3.60. The van der Waals surface area contributed by atoms with Crippen LogP contribution >= 0.6 is 0 Å². The first-order valence-electron chi connectivity index (χ1n) is 10.0. The van der Waals surface area contributed by atoms with Crippen LogP contribution in [0.25, 0.3) is 11.0 Å². The SMILES string of the molecule is COc1ccc(CC(=O)Nc2cccc(CCc3nc4ccccc4n3C)c2)cc1. The molecule has 1 N–H and O–H groups in total. The number of hydrogen-bond donors (Lipinski definition) is 1. The third-order valence-electron chi connectivity index (χ3n) is 5.25. The largest absolute Gasteiger partial charge is 0.497 e. The van der Waals surface area contributed by atoms with E-state index in [1.54, 1.807) is 7.11 Å². The fourth-order valence-corrected chi connectivity index (χ4v) is 3.61. The summed E-state index contributed by atoms with van der Waals surface area (Å²) in [7, 11) is 3.69. The maximum atomic E-state index is 12.4. The highest BCUT2D eigenvalue weighted by Crippen LogP contribution is 2.18. The zero-order valence-electron chi connectivity index (χ0n) is 17.3. The van der Waals surface area contributed by atoms with Crippen molar-refractivity contribution < 1.29 is 9.53 Å². The highest BCUT2D eigenvalue weighted by molar-refractivity contribution is 5.92. The van der Waals surface area contributed by atoms with E-state index in [1.165, 1.54) is 5.56 Å². The number of aryl methyl sites for hydroxylation is 3. The Morgan fingerprint density at radius 1 is 0.967 bits per heavy atom. The summed E-state index contributed by atoms with van der Waals surface area (Å²) < 4.78 is 7.30. The average molecular weight is 399 g/mol. The van der Waals surface area contributed by atoms with Crippen molar-refractivity contribution in [2.75, 3.05) is 12.4 Å². The van der Waals surface area contributed by atoms with Gasteiger partial charge in [0, 0.05) is 19.2 Å². The molecule has 5 heteroatoms. The Kier molecular flexibility index (Phi) is 5.80. The highest BCUT2D eigenvalue weighted by atomic mass is 16.5. The van der Waals surface area contributed by atoms with Gasteiger partial charge in [-0.1, -0.05) is 36.4 Å². The van der Waals surface area contributed by atoms with Gasteiger partial charge in [-0.3, -0.25) is 4.79 Å². The molecule has 152 valence electrons. The number of benzene rings is 3. The van der Waals surface area contributed by atoms with E-state index < -0.39 is 0 Å². The van der Waals surface area contributed by atoms with Crippen molar-refractivity contribution >= 4 is 22.6 Å². The molecule has 4 aromatic rings. The number of fused-ring (bicyclic) bond motifs is 1. The van der Waals surface area contributed by atoms with Gasteiger partial charge in [0.1, 0.15) is 11.6 Å². The van der Waals surface area contributed by atoms with Crippen LogP contribution in [0.15, 0.2) is 72.8 Å². The van der Waals surface area contributed by atoms with Crippen LogP contribution in [-0.4, -0.2) is 22.6 Å². The molecule has 0 aliphatic rings. The zero-order chi connectivity index (χ0) is 20.9. The highest BCUT2D eigenvalue weighted by Gasteiger charge is 2.08. The third-order valence-corrected chi connectivity index (χ3v) is 5.25. The summed E-state index contributed by atoms with van der Waals surface area (Å²) in [5.41, 5.74) is 5.10. The van der Waals surface area contributed by atoms with Crippen LogP contribution in [0.5, 0.6) is 5.75 Å². The van der Waals surface area contributed by atoms with Crippen molar-refractivity contribution in [1.82, 2.24) is 9.55 Å². The second-order valence-electron chi connectivity index (χ2n) is 7.35. The van der Waals surface area contributed by atoms with Crippen molar-refractivity contribution in [2.45, 2.75) is 19.3 Å². The molecule has 1 heterocycles. The number of methoxy groups -OCH3 is 1. The number of rotatable bonds is 7. The number of carbonyl (C=O) groups excluding carboxylic acids is 1. The first kappa shape index (κ1) is 19.7. The first-order chi connectivity index (χ1) is 14.6. The molecular formula is C25H25N3O2. The van der Waals surface area contributed by atoms with E-state index in [9.17, 15) is 4.79 Å². The molecule has 0 fully saturated rings. The number of nitrogens with one attached hydrogen (secondary N) is 1. The van der Waals surface area contributed by atoms with Gasteiger partial charge in [-0.2, -0.15) is 0 Å². The maximum absolute atomic E-state index is 12.4. The number of ether oxygens (including phenoxy) is 1. The molecule has 5 nitrogen and oxygen atoms in total. The number of imidazole rings is 1. The molecule has 30 heavy (non-hydrogen) atoms. The molecule has 4 rings (SSSR count). The second-order valence-corrected chi connectivity index (χ2v) is 7.35. The summed E-state index contributed by atoms with van der Waals surface area (Å²) in [6, 6.07) is 23.7. The van der Waals surface area contributed by atoms with Gasteiger partial charge in [-0.15, -0.1) is 0 Å². The van der Waals surface area contributed by atoms with Gasteiger partial charge in [-0.05, 0) is 53.9 Å². The lowest BCUT2D eigenvalue weighted by molar-refractivity contribution is -0.115. The predicted molar refractivity (Wildman–Crippen MR) is 120 cm³/mol.